The highest BCUT2D eigenvalue weighted by atomic mass is 15.1. The van der Waals surface area contributed by atoms with Crippen LogP contribution in [0, 0.1) is 26.7 Å². The van der Waals surface area contributed by atoms with Crippen molar-refractivity contribution >= 4 is 23.5 Å². The Bertz CT molecular complexity index is 1810. The second-order valence-electron chi connectivity index (χ2n) is 12.6. The zero-order chi connectivity index (χ0) is 34.3. The van der Waals surface area contributed by atoms with E-state index in [1.54, 1.807) is 0 Å². The number of hydrogen-bond donors (Lipinski definition) is 0. The topological polar surface area (TPSA) is 3.24 Å². The van der Waals surface area contributed by atoms with Gasteiger partial charge >= 0.3 is 0 Å². The summed E-state index contributed by atoms with van der Waals surface area (Å²) in [5.41, 5.74) is 16.0. The van der Waals surface area contributed by atoms with Crippen molar-refractivity contribution in [1.82, 2.24) is 0 Å². The molecule has 0 spiro atoms. The smallest absolute Gasteiger partial charge is 0.0490 e. The van der Waals surface area contributed by atoms with Crippen LogP contribution < -0.4 is 4.90 Å². The van der Waals surface area contributed by atoms with E-state index >= 15 is 0 Å². The van der Waals surface area contributed by atoms with E-state index < -0.39 is 0 Å². The highest BCUT2D eigenvalue weighted by molar-refractivity contribution is 5.71. The summed E-state index contributed by atoms with van der Waals surface area (Å²) in [6, 6.07) is 20.3. The molecule has 0 saturated heterocycles. The molecule has 0 radical (unpaired) electrons. The van der Waals surface area contributed by atoms with Crippen LogP contribution in [0.2, 0.25) is 0 Å². The maximum absolute atomic E-state index is 4.00. The number of hydrogen-bond acceptors (Lipinski definition) is 1. The molecule has 3 aromatic rings. The van der Waals surface area contributed by atoms with E-state index in [1.165, 1.54) is 86.3 Å². The molecule has 244 valence electrons. The number of benzene rings is 3. The van der Waals surface area contributed by atoms with Crippen molar-refractivity contribution < 1.29 is 0 Å². The third kappa shape index (κ3) is 9.73. The van der Waals surface area contributed by atoms with Crippen molar-refractivity contribution in [2.75, 3.05) is 4.90 Å². The number of fused-ring (bicyclic) bond motifs is 2. The third-order valence-corrected chi connectivity index (χ3v) is 8.93. The van der Waals surface area contributed by atoms with Gasteiger partial charge in [-0.1, -0.05) is 114 Å². The van der Waals surface area contributed by atoms with Crippen LogP contribution >= 0.6 is 0 Å². The lowest BCUT2D eigenvalue weighted by Crippen LogP contribution is -2.14. The largest absolute Gasteiger partial charge is 0.317 e. The lowest BCUT2D eigenvalue weighted by molar-refractivity contribution is 0.685. The molecule has 5 rings (SSSR count). The number of rotatable bonds is 10. The van der Waals surface area contributed by atoms with Gasteiger partial charge in [0.25, 0.3) is 0 Å². The molecule has 0 heterocycles. The average molecular weight is 630 g/mol. The molecule has 0 aromatic heterocycles. The van der Waals surface area contributed by atoms with Crippen LogP contribution in [-0.4, -0.2) is 0 Å². The van der Waals surface area contributed by atoms with Crippen molar-refractivity contribution in [3.8, 4) is 12.8 Å². The first kappa shape index (κ1) is 35.8. The SMILES string of the molecule is C#C.C\C=C/C(/C=C\C(C)=C\C/C=C\c1cc(C)cc2c1C/C(=C\C)C=C2)=C\C=C\N(c1ccc(C)cc1)c1cccc2c1CCCC2. The van der Waals surface area contributed by atoms with Gasteiger partial charge in [-0.25, -0.2) is 0 Å². The predicted octanol–water partition coefficient (Wildman–Crippen LogP) is 12.7. The Hall–Kier alpha value is -5.06. The molecular weight excluding hydrogens is 579 g/mol. The Morgan fingerprint density at radius 2 is 1.65 bits per heavy atom. The minimum atomic E-state index is 0.903. The summed E-state index contributed by atoms with van der Waals surface area (Å²) in [6.45, 7) is 10.7. The first-order valence-corrected chi connectivity index (χ1v) is 17.2. The van der Waals surface area contributed by atoms with Gasteiger partial charge in [-0.2, -0.15) is 0 Å². The van der Waals surface area contributed by atoms with Crippen molar-refractivity contribution in [1.29, 1.82) is 0 Å². The Balaban J connectivity index is 0.00000255. The van der Waals surface area contributed by atoms with E-state index in [2.05, 4.69) is 186 Å². The van der Waals surface area contributed by atoms with Gasteiger partial charge in [-0.05, 0) is 142 Å². The molecule has 1 heteroatoms. The van der Waals surface area contributed by atoms with Crippen LogP contribution in [0.4, 0.5) is 11.4 Å². The van der Waals surface area contributed by atoms with Gasteiger partial charge in [0, 0.05) is 17.6 Å². The molecule has 2 aliphatic rings. The quantitative estimate of drug-likeness (QED) is 0.159. The van der Waals surface area contributed by atoms with E-state index in [0.717, 1.165) is 19.3 Å². The summed E-state index contributed by atoms with van der Waals surface area (Å²) in [4.78, 5) is 2.36. The lowest BCUT2D eigenvalue weighted by Gasteiger charge is -2.27. The molecule has 0 saturated carbocycles. The molecule has 1 nitrogen and oxygen atoms in total. The minimum Gasteiger partial charge on any atom is -0.317 e. The Labute approximate surface area is 290 Å². The fraction of sp³-hybridized carbons (Fsp3) is 0.234. The summed E-state index contributed by atoms with van der Waals surface area (Å²) in [5.74, 6) is 0. The summed E-state index contributed by atoms with van der Waals surface area (Å²) in [7, 11) is 0. The zero-order valence-corrected chi connectivity index (χ0v) is 29.5. The van der Waals surface area contributed by atoms with Gasteiger partial charge in [0.2, 0.25) is 0 Å². The van der Waals surface area contributed by atoms with Crippen molar-refractivity contribution in [3.05, 3.63) is 177 Å². The standard InChI is InChI=1S/C45H49N.C2H2/c1-6-14-38(25-22-34(3)15-8-9-18-40-31-36(5)32-41-27-26-37(7-2)33-44(40)41)16-13-30-46(42-28-23-35(4)24-29-42)45-21-12-19-39-17-10-11-20-43(39)45;1-2/h6-7,9,12-16,18-19,21-32H,8,10-11,17,20,33H2,1-5H3;1-2H/b14-6-,18-9-,25-22-,30-13+,34-15+,37-7-,38-16+;. The van der Waals surface area contributed by atoms with Crippen molar-refractivity contribution in [2.24, 2.45) is 0 Å². The van der Waals surface area contributed by atoms with Gasteiger partial charge in [-0.3, -0.25) is 0 Å². The average Bonchev–Trinajstić information content (AvgIpc) is 3.11. The number of nitrogens with zero attached hydrogens (tertiary/aromatic N) is 1. The Kier molecular flexibility index (Phi) is 13.7. The van der Waals surface area contributed by atoms with E-state index in [4.69, 9.17) is 0 Å². The zero-order valence-electron chi connectivity index (χ0n) is 29.5. The summed E-state index contributed by atoms with van der Waals surface area (Å²) in [5, 5.41) is 0. The second kappa shape index (κ2) is 18.3. The lowest BCUT2D eigenvalue weighted by atomic mass is 9.88. The molecule has 0 unspecified atom stereocenters. The first-order chi connectivity index (χ1) is 23.4. The number of anilines is 2. The van der Waals surface area contributed by atoms with Crippen LogP contribution in [0.25, 0.3) is 12.2 Å². The number of allylic oxidation sites excluding steroid dienone is 13. The molecule has 0 N–H and O–H groups in total. The van der Waals surface area contributed by atoms with Gasteiger partial charge < -0.3 is 4.90 Å². The Morgan fingerprint density at radius 1 is 0.854 bits per heavy atom. The molecule has 3 aromatic carbocycles. The maximum atomic E-state index is 4.00. The van der Waals surface area contributed by atoms with Crippen molar-refractivity contribution in [2.45, 2.75) is 73.1 Å². The van der Waals surface area contributed by atoms with Crippen LogP contribution in [0.15, 0.2) is 138 Å². The normalized spacial score (nSPS) is 15.7. The molecule has 0 fully saturated rings. The highest BCUT2D eigenvalue weighted by Gasteiger charge is 2.17. The van der Waals surface area contributed by atoms with Crippen LogP contribution in [0.5, 0.6) is 0 Å². The molecule has 0 amide bonds. The molecule has 2 aliphatic carbocycles. The molecule has 0 atom stereocenters. The monoisotopic (exact) mass is 629 g/mol. The molecular formula is C47H51N. The van der Waals surface area contributed by atoms with Crippen LogP contribution in [0.3, 0.4) is 0 Å². The summed E-state index contributed by atoms with van der Waals surface area (Å²) < 4.78 is 0. The van der Waals surface area contributed by atoms with E-state index in [0.29, 0.717) is 0 Å². The van der Waals surface area contributed by atoms with Gasteiger partial charge in [0.05, 0.1) is 0 Å². The first-order valence-electron chi connectivity index (χ1n) is 17.2. The summed E-state index contributed by atoms with van der Waals surface area (Å²) >= 11 is 0. The second-order valence-corrected chi connectivity index (χ2v) is 12.6. The molecule has 0 aliphatic heterocycles. The maximum Gasteiger partial charge on any atom is 0.0490 e. The number of terminal acetylenes is 1. The fourth-order valence-electron chi connectivity index (χ4n) is 6.37. The number of aryl methyl sites for hydroxylation is 3. The van der Waals surface area contributed by atoms with Gasteiger partial charge in [0.15, 0.2) is 0 Å². The Morgan fingerprint density at radius 3 is 2.42 bits per heavy atom. The van der Waals surface area contributed by atoms with E-state index in [-0.39, 0.29) is 0 Å². The van der Waals surface area contributed by atoms with E-state index in [1.807, 2.05) is 0 Å². The summed E-state index contributed by atoms with van der Waals surface area (Å²) in [6.07, 6.45) is 43.7. The minimum absolute atomic E-state index is 0.903. The molecule has 0 bridgehead atoms. The van der Waals surface area contributed by atoms with Crippen molar-refractivity contribution in [3.63, 3.8) is 0 Å². The van der Waals surface area contributed by atoms with E-state index in [9.17, 15) is 0 Å². The fourth-order valence-corrected chi connectivity index (χ4v) is 6.37. The van der Waals surface area contributed by atoms with Gasteiger partial charge in [0.1, 0.15) is 0 Å². The third-order valence-electron chi connectivity index (χ3n) is 8.93. The van der Waals surface area contributed by atoms with Gasteiger partial charge in [-0.15, -0.1) is 12.8 Å². The molecule has 48 heavy (non-hydrogen) atoms. The van der Waals surface area contributed by atoms with Crippen LogP contribution in [0.1, 0.15) is 79.0 Å². The highest BCUT2D eigenvalue weighted by Crippen LogP contribution is 2.35. The van der Waals surface area contributed by atoms with Crippen LogP contribution in [-0.2, 0) is 19.3 Å². The predicted molar refractivity (Wildman–Crippen MR) is 213 cm³/mol.